The normalized spacial score (nSPS) is 11.1. The van der Waals surface area contributed by atoms with Crippen LogP contribution in [0.3, 0.4) is 0 Å². The van der Waals surface area contributed by atoms with Crippen LogP contribution >= 0.6 is 0 Å². The maximum atomic E-state index is 12.6. The van der Waals surface area contributed by atoms with Gasteiger partial charge in [0.1, 0.15) is 5.82 Å². The van der Waals surface area contributed by atoms with Gasteiger partial charge < -0.3 is 10.6 Å². The first kappa shape index (κ1) is 13.5. The fourth-order valence-corrected chi connectivity index (χ4v) is 1.26. The molecule has 2 N–H and O–H groups in total. The first-order valence-electron chi connectivity index (χ1n) is 5.73. The van der Waals surface area contributed by atoms with Gasteiger partial charge in [-0.3, -0.25) is 4.79 Å². The van der Waals surface area contributed by atoms with Crippen molar-refractivity contribution in [3.8, 4) is 0 Å². The highest BCUT2D eigenvalue weighted by Crippen LogP contribution is 2.09. The highest BCUT2D eigenvalue weighted by Gasteiger charge is 2.17. The number of carbonyl (C=O) groups is 1. The van der Waals surface area contributed by atoms with E-state index in [-0.39, 0.29) is 23.8 Å². The molecule has 1 aromatic carbocycles. The summed E-state index contributed by atoms with van der Waals surface area (Å²) < 4.78 is 12.6. The summed E-state index contributed by atoms with van der Waals surface area (Å²) >= 11 is 0. The van der Waals surface area contributed by atoms with Crippen LogP contribution in [0.5, 0.6) is 0 Å². The molecule has 0 saturated heterocycles. The van der Waals surface area contributed by atoms with E-state index in [0.29, 0.717) is 0 Å². The molecule has 1 amide bonds. The molecule has 94 valence electrons. The van der Waals surface area contributed by atoms with Gasteiger partial charge in [0, 0.05) is 11.2 Å². The Morgan fingerprint density at radius 1 is 1.29 bits per heavy atom. The Hall–Kier alpha value is -1.58. The number of amides is 1. The molecule has 1 aromatic rings. The summed E-state index contributed by atoms with van der Waals surface area (Å²) in [6, 6.07) is 5.92. The molecular formula is C13H19FN2O. The van der Waals surface area contributed by atoms with E-state index >= 15 is 0 Å². The third kappa shape index (κ3) is 4.85. The maximum Gasteiger partial charge on any atom is 0.239 e. The van der Waals surface area contributed by atoms with E-state index in [1.807, 2.05) is 20.8 Å². The number of carbonyl (C=O) groups excluding carboxylic acids is 1. The Balaban J connectivity index is 2.41. The van der Waals surface area contributed by atoms with Gasteiger partial charge in [-0.25, -0.2) is 4.39 Å². The van der Waals surface area contributed by atoms with Crippen molar-refractivity contribution in [2.45, 2.75) is 32.7 Å². The molecule has 0 bridgehead atoms. The molecule has 0 aliphatic carbocycles. The summed E-state index contributed by atoms with van der Waals surface area (Å²) in [5.41, 5.74) is 0.539. The van der Waals surface area contributed by atoms with Gasteiger partial charge >= 0.3 is 0 Å². The van der Waals surface area contributed by atoms with Crippen LogP contribution in [0.25, 0.3) is 0 Å². The smallest absolute Gasteiger partial charge is 0.239 e. The molecule has 0 atom stereocenters. The van der Waals surface area contributed by atoms with Crippen molar-refractivity contribution in [3.63, 3.8) is 0 Å². The van der Waals surface area contributed by atoms with E-state index in [2.05, 4.69) is 10.6 Å². The van der Waals surface area contributed by atoms with Crippen LogP contribution in [-0.4, -0.2) is 18.0 Å². The Kier molecular flexibility index (Phi) is 4.49. The zero-order chi connectivity index (χ0) is 12.9. The van der Waals surface area contributed by atoms with Crippen LogP contribution in [0, 0.1) is 5.82 Å². The highest BCUT2D eigenvalue weighted by atomic mass is 19.1. The predicted molar refractivity (Wildman–Crippen MR) is 67.4 cm³/mol. The third-order valence-corrected chi connectivity index (χ3v) is 2.66. The number of hydrogen-bond acceptors (Lipinski definition) is 2. The Labute approximate surface area is 101 Å². The van der Waals surface area contributed by atoms with E-state index in [9.17, 15) is 9.18 Å². The molecule has 1 rings (SSSR count). The molecule has 0 radical (unpaired) electrons. The van der Waals surface area contributed by atoms with Crippen LogP contribution in [0.1, 0.15) is 27.2 Å². The van der Waals surface area contributed by atoms with E-state index in [1.165, 1.54) is 12.1 Å². The van der Waals surface area contributed by atoms with Gasteiger partial charge in [-0.1, -0.05) is 6.92 Å². The number of hydrogen-bond donors (Lipinski definition) is 2. The SMILES string of the molecule is CCC(C)(C)NC(=O)CNc1ccc(F)cc1. The highest BCUT2D eigenvalue weighted by molar-refractivity contribution is 5.81. The van der Waals surface area contributed by atoms with Crippen molar-refractivity contribution in [3.05, 3.63) is 30.1 Å². The summed E-state index contributed by atoms with van der Waals surface area (Å²) in [4.78, 5) is 11.6. The van der Waals surface area contributed by atoms with Crippen LogP contribution in [0.15, 0.2) is 24.3 Å². The minimum atomic E-state index is -0.285. The molecule has 0 aromatic heterocycles. The molecule has 0 unspecified atom stereocenters. The fraction of sp³-hybridized carbons (Fsp3) is 0.462. The second-order valence-electron chi connectivity index (χ2n) is 4.65. The lowest BCUT2D eigenvalue weighted by Crippen LogP contribution is -2.45. The molecule has 0 aliphatic rings. The zero-order valence-corrected chi connectivity index (χ0v) is 10.5. The van der Waals surface area contributed by atoms with Gasteiger partial charge in [-0.2, -0.15) is 0 Å². The molecule has 3 nitrogen and oxygen atoms in total. The van der Waals surface area contributed by atoms with Crippen molar-refractivity contribution < 1.29 is 9.18 Å². The topological polar surface area (TPSA) is 41.1 Å². The summed E-state index contributed by atoms with van der Waals surface area (Å²) in [5.74, 6) is -0.353. The zero-order valence-electron chi connectivity index (χ0n) is 10.5. The van der Waals surface area contributed by atoms with Gasteiger partial charge in [0.2, 0.25) is 5.91 Å². The van der Waals surface area contributed by atoms with E-state index in [1.54, 1.807) is 12.1 Å². The van der Waals surface area contributed by atoms with Gasteiger partial charge in [0.15, 0.2) is 0 Å². The molecule has 4 heteroatoms. The molecule has 0 aliphatic heterocycles. The average molecular weight is 238 g/mol. The Bertz CT molecular complexity index is 374. The Morgan fingerprint density at radius 3 is 2.41 bits per heavy atom. The van der Waals surface area contributed by atoms with Crippen molar-refractivity contribution in [1.29, 1.82) is 0 Å². The summed E-state index contributed by atoms with van der Waals surface area (Å²) in [5, 5.41) is 5.85. The first-order chi connectivity index (χ1) is 7.93. The molecule has 0 saturated carbocycles. The molecule has 17 heavy (non-hydrogen) atoms. The lowest BCUT2D eigenvalue weighted by molar-refractivity contribution is -0.121. The maximum absolute atomic E-state index is 12.6. The van der Waals surface area contributed by atoms with Crippen molar-refractivity contribution in [2.24, 2.45) is 0 Å². The monoisotopic (exact) mass is 238 g/mol. The van der Waals surface area contributed by atoms with Crippen LogP contribution in [0.4, 0.5) is 10.1 Å². The standard InChI is InChI=1S/C13H19FN2O/c1-4-13(2,3)16-12(17)9-15-11-7-5-10(14)6-8-11/h5-8,15H,4,9H2,1-3H3,(H,16,17). The van der Waals surface area contributed by atoms with E-state index < -0.39 is 0 Å². The van der Waals surface area contributed by atoms with Gasteiger partial charge in [-0.15, -0.1) is 0 Å². The minimum Gasteiger partial charge on any atom is -0.376 e. The molecule has 0 fully saturated rings. The largest absolute Gasteiger partial charge is 0.376 e. The van der Waals surface area contributed by atoms with Gasteiger partial charge in [-0.05, 0) is 44.5 Å². The van der Waals surface area contributed by atoms with Crippen molar-refractivity contribution in [2.75, 3.05) is 11.9 Å². The second-order valence-corrected chi connectivity index (χ2v) is 4.65. The first-order valence-corrected chi connectivity index (χ1v) is 5.73. The number of anilines is 1. The van der Waals surface area contributed by atoms with Crippen molar-refractivity contribution >= 4 is 11.6 Å². The second kappa shape index (κ2) is 5.66. The van der Waals surface area contributed by atoms with Gasteiger partial charge in [0.05, 0.1) is 6.54 Å². The fourth-order valence-electron chi connectivity index (χ4n) is 1.26. The lowest BCUT2D eigenvalue weighted by Gasteiger charge is -2.24. The van der Waals surface area contributed by atoms with Crippen LogP contribution in [-0.2, 0) is 4.79 Å². The quantitative estimate of drug-likeness (QED) is 0.827. The number of nitrogens with one attached hydrogen (secondary N) is 2. The van der Waals surface area contributed by atoms with E-state index in [4.69, 9.17) is 0 Å². The average Bonchev–Trinajstić information content (AvgIpc) is 2.28. The third-order valence-electron chi connectivity index (χ3n) is 2.66. The van der Waals surface area contributed by atoms with Gasteiger partial charge in [0.25, 0.3) is 0 Å². The molecule has 0 spiro atoms. The number of rotatable bonds is 5. The van der Waals surface area contributed by atoms with Crippen molar-refractivity contribution in [1.82, 2.24) is 5.32 Å². The molecule has 0 heterocycles. The summed E-state index contributed by atoms with van der Waals surface area (Å²) in [6.07, 6.45) is 0.870. The van der Waals surface area contributed by atoms with Crippen LogP contribution < -0.4 is 10.6 Å². The summed E-state index contributed by atoms with van der Waals surface area (Å²) in [7, 11) is 0. The minimum absolute atomic E-state index is 0.0684. The predicted octanol–water partition coefficient (Wildman–Crippen LogP) is 2.54. The number of benzene rings is 1. The number of halogens is 1. The van der Waals surface area contributed by atoms with Crippen LogP contribution in [0.2, 0.25) is 0 Å². The molecular weight excluding hydrogens is 219 g/mol. The van der Waals surface area contributed by atoms with E-state index in [0.717, 1.165) is 12.1 Å². The summed E-state index contributed by atoms with van der Waals surface area (Å²) in [6.45, 7) is 6.16. The lowest BCUT2D eigenvalue weighted by atomic mass is 10.0. The Morgan fingerprint density at radius 2 is 1.88 bits per heavy atom.